The van der Waals surface area contributed by atoms with Gasteiger partial charge in [-0.05, 0) is 32.0 Å². The van der Waals surface area contributed by atoms with Crippen LogP contribution in [0.15, 0.2) is 24.5 Å². The quantitative estimate of drug-likeness (QED) is 0.822. The summed E-state index contributed by atoms with van der Waals surface area (Å²) in [4.78, 5) is 15.5. The van der Waals surface area contributed by atoms with Crippen LogP contribution < -0.4 is 10.6 Å². The summed E-state index contributed by atoms with van der Waals surface area (Å²) in [5, 5.41) is 6.11. The Kier molecular flexibility index (Phi) is 4.32. The van der Waals surface area contributed by atoms with Crippen molar-refractivity contribution < 1.29 is 9.53 Å². The molecule has 5 heteroatoms. The fourth-order valence-corrected chi connectivity index (χ4v) is 1.81. The normalized spacial score (nSPS) is 16.5. The highest BCUT2D eigenvalue weighted by Crippen LogP contribution is 2.03. The fraction of sp³-hybridized carbons (Fsp3) is 0.500. The Hall–Kier alpha value is -1.62. The molecule has 5 nitrogen and oxygen atoms in total. The van der Waals surface area contributed by atoms with E-state index < -0.39 is 0 Å². The Balaban J connectivity index is 1.70. The van der Waals surface area contributed by atoms with E-state index in [1.165, 1.54) is 0 Å². The molecule has 0 unspecified atom stereocenters. The molecule has 1 fully saturated rings. The summed E-state index contributed by atoms with van der Waals surface area (Å²) >= 11 is 0. The molecule has 1 aliphatic heterocycles. The molecule has 0 saturated carbocycles. The molecule has 1 amide bonds. The highest BCUT2D eigenvalue weighted by atomic mass is 16.5. The maximum atomic E-state index is 11.5. The van der Waals surface area contributed by atoms with Crippen molar-refractivity contribution in [3.63, 3.8) is 0 Å². The van der Waals surface area contributed by atoms with Gasteiger partial charge in [-0.2, -0.15) is 0 Å². The summed E-state index contributed by atoms with van der Waals surface area (Å²) in [6, 6.07) is 3.94. The second-order valence-corrected chi connectivity index (χ2v) is 4.11. The van der Waals surface area contributed by atoms with Crippen LogP contribution in [0.1, 0.15) is 18.4 Å². The Bertz CT molecular complexity index is 350. The summed E-state index contributed by atoms with van der Waals surface area (Å²) in [5.74, 6) is 0. The molecule has 17 heavy (non-hydrogen) atoms. The highest BCUT2D eigenvalue weighted by Gasteiger charge is 2.15. The van der Waals surface area contributed by atoms with Gasteiger partial charge in [-0.25, -0.2) is 4.79 Å². The van der Waals surface area contributed by atoms with E-state index in [2.05, 4.69) is 15.6 Å². The van der Waals surface area contributed by atoms with Crippen LogP contribution in [0.3, 0.4) is 0 Å². The van der Waals surface area contributed by atoms with Gasteiger partial charge in [0.25, 0.3) is 0 Å². The topological polar surface area (TPSA) is 63.2 Å². The van der Waals surface area contributed by atoms with Crippen molar-refractivity contribution in [1.29, 1.82) is 0 Å². The summed E-state index contributed by atoms with van der Waals surface area (Å²) in [6.07, 6.45) is 4.96. The first-order valence-corrected chi connectivity index (χ1v) is 5.87. The number of carbonyl (C=O) groups is 1. The van der Waals surface area contributed by atoms with E-state index in [1.54, 1.807) is 12.4 Å². The van der Waals surface area contributed by atoms with Gasteiger partial charge < -0.3 is 15.4 Å². The molecule has 1 aromatic rings. The van der Waals surface area contributed by atoms with Crippen LogP contribution in [0, 0.1) is 0 Å². The number of piperidine rings is 1. The number of pyridine rings is 1. The lowest BCUT2D eigenvalue weighted by atomic mass is 10.1. The minimum atomic E-state index is -0.347. The molecule has 0 aromatic carbocycles. The number of hydrogen-bond acceptors (Lipinski definition) is 4. The van der Waals surface area contributed by atoms with Gasteiger partial charge in [-0.15, -0.1) is 0 Å². The first kappa shape index (κ1) is 11.9. The van der Waals surface area contributed by atoms with E-state index in [9.17, 15) is 4.79 Å². The molecular formula is C12H17N3O2. The zero-order valence-corrected chi connectivity index (χ0v) is 9.69. The van der Waals surface area contributed by atoms with Crippen molar-refractivity contribution in [1.82, 2.24) is 15.6 Å². The molecule has 1 aromatic heterocycles. The third kappa shape index (κ3) is 4.03. The van der Waals surface area contributed by atoms with E-state index in [1.807, 2.05) is 12.1 Å². The minimum Gasteiger partial charge on any atom is -0.445 e. The summed E-state index contributed by atoms with van der Waals surface area (Å²) < 4.78 is 5.12. The van der Waals surface area contributed by atoms with Crippen molar-refractivity contribution in [3.05, 3.63) is 30.1 Å². The van der Waals surface area contributed by atoms with Gasteiger partial charge >= 0.3 is 6.09 Å². The largest absolute Gasteiger partial charge is 0.445 e. The second kappa shape index (κ2) is 6.20. The Morgan fingerprint density at radius 3 is 3.06 bits per heavy atom. The van der Waals surface area contributed by atoms with Crippen molar-refractivity contribution in [2.45, 2.75) is 25.5 Å². The smallest absolute Gasteiger partial charge is 0.407 e. The Labute approximate surface area is 101 Å². The standard InChI is InChI=1S/C12H17N3O2/c16-12(15-11-3-6-13-7-4-11)17-9-10-2-1-5-14-8-10/h1-2,5,8,11,13H,3-4,6-7,9H2,(H,15,16). The van der Waals surface area contributed by atoms with Gasteiger partial charge in [0, 0.05) is 24.0 Å². The van der Waals surface area contributed by atoms with E-state index in [-0.39, 0.29) is 18.7 Å². The summed E-state index contributed by atoms with van der Waals surface area (Å²) in [6.45, 7) is 2.17. The van der Waals surface area contributed by atoms with Crippen molar-refractivity contribution >= 4 is 6.09 Å². The zero-order valence-electron chi connectivity index (χ0n) is 9.69. The number of aromatic nitrogens is 1. The first-order chi connectivity index (χ1) is 8.34. The van der Waals surface area contributed by atoms with Gasteiger partial charge in [0.1, 0.15) is 6.61 Å². The summed E-state index contributed by atoms with van der Waals surface area (Å²) in [5.41, 5.74) is 0.896. The molecule has 1 aliphatic rings. The molecule has 1 saturated heterocycles. The van der Waals surface area contributed by atoms with Gasteiger partial charge in [-0.1, -0.05) is 6.07 Å². The molecule has 0 spiro atoms. The molecular weight excluding hydrogens is 218 g/mol. The number of ether oxygens (including phenoxy) is 1. The molecule has 2 rings (SSSR count). The van der Waals surface area contributed by atoms with Crippen LogP contribution in [-0.2, 0) is 11.3 Å². The molecule has 2 heterocycles. The zero-order chi connectivity index (χ0) is 11.9. The van der Waals surface area contributed by atoms with Crippen LogP contribution in [0.5, 0.6) is 0 Å². The number of alkyl carbamates (subject to hydrolysis) is 1. The molecule has 0 radical (unpaired) electrons. The van der Waals surface area contributed by atoms with Gasteiger partial charge in [-0.3, -0.25) is 4.98 Å². The van der Waals surface area contributed by atoms with E-state index >= 15 is 0 Å². The number of rotatable bonds is 3. The van der Waals surface area contributed by atoms with Crippen LogP contribution in [0.2, 0.25) is 0 Å². The monoisotopic (exact) mass is 235 g/mol. The fourth-order valence-electron chi connectivity index (χ4n) is 1.81. The lowest BCUT2D eigenvalue weighted by Crippen LogP contribution is -2.42. The van der Waals surface area contributed by atoms with Crippen molar-refractivity contribution in [2.24, 2.45) is 0 Å². The van der Waals surface area contributed by atoms with Gasteiger partial charge in [0.15, 0.2) is 0 Å². The van der Waals surface area contributed by atoms with Crippen molar-refractivity contribution in [3.8, 4) is 0 Å². The Morgan fingerprint density at radius 2 is 2.35 bits per heavy atom. The number of nitrogens with one attached hydrogen (secondary N) is 2. The summed E-state index contributed by atoms with van der Waals surface area (Å²) in [7, 11) is 0. The SMILES string of the molecule is O=C(NC1CCNCC1)OCc1cccnc1. The van der Waals surface area contributed by atoms with Crippen molar-refractivity contribution in [2.75, 3.05) is 13.1 Å². The van der Waals surface area contributed by atoms with E-state index in [0.29, 0.717) is 0 Å². The minimum absolute atomic E-state index is 0.234. The average Bonchev–Trinajstić information content (AvgIpc) is 2.39. The number of nitrogens with zero attached hydrogens (tertiary/aromatic N) is 1. The average molecular weight is 235 g/mol. The maximum Gasteiger partial charge on any atom is 0.407 e. The third-order valence-corrected chi connectivity index (χ3v) is 2.75. The second-order valence-electron chi connectivity index (χ2n) is 4.11. The lowest BCUT2D eigenvalue weighted by Gasteiger charge is -2.23. The predicted molar refractivity (Wildman–Crippen MR) is 63.4 cm³/mol. The van der Waals surface area contributed by atoms with E-state index in [4.69, 9.17) is 4.74 Å². The van der Waals surface area contributed by atoms with Crippen LogP contribution >= 0.6 is 0 Å². The molecule has 0 atom stereocenters. The van der Waals surface area contributed by atoms with Crippen LogP contribution in [-0.4, -0.2) is 30.2 Å². The van der Waals surface area contributed by atoms with Crippen LogP contribution in [0.4, 0.5) is 4.79 Å². The lowest BCUT2D eigenvalue weighted by molar-refractivity contribution is 0.133. The number of amides is 1. The van der Waals surface area contributed by atoms with E-state index in [0.717, 1.165) is 31.5 Å². The molecule has 92 valence electrons. The molecule has 0 aliphatic carbocycles. The maximum absolute atomic E-state index is 11.5. The predicted octanol–water partition coefficient (Wildman–Crippen LogP) is 1.06. The Morgan fingerprint density at radius 1 is 1.53 bits per heavy atom. The number of carbonyl (C=O) groups excluding carboxylic acids is 1. The third-order valence-electron chi connectivity index (χ3n) is 2.75. The molecule has 0 bridgehead atoms. The van der Waals surface area contributed by atoms with Gasteiger partial charge in [0.05, 0.1) is 0 Å². The van der Waals surface area contributed by atoms with Crippen LogP contribution in [0.25, 0.3) is 0 Å². The number of hydrogen-bond donors (Lipinski definition) is 2. The van der Waals surface area contributed by atoms with Gasteiger partial charge in [0.2, 0.25) is 0 Å². The molecule has 2 N–H and O–H groups in total. The highest BCUT2D eigenvalue weighted by molar-refractivity contribution is 5.67. The first-order valence-electron chi connectivity index (χ1n) is 5.87.